The fourth-order valence-corrected chi connectivity index (χ4v) is 4.30. The summed E-state index contributed by atoms with van der Waals surface area (Å²) in [4.78, 5) is 11.9. The highest BCUT2D eigenvalue weighted by atomic mass is 31.2. The number of esters is 1. The first-order chi connectivity index (χ1) is 11.0. The number of benzene rings is 1. The van der Waals surface area contributed by atoms with Gasteiger partial charge in [-0.3, -0.25) is 4.57 Å². The number of rotatable bonds is 10. The summed E-state index contributed by atoms with van der Waals surface area (Å²) in [5, 5.41) is 10.4. The maximum atomic E-state index is 13.1. The van der Waals surface area contributed by atoms with Gasteiger partial charge in [-0.05, 0) is 32.8 Å². The number of hydrogen-bond acceptors (Lipinski definition) is 6. The van der Waals surface area contributed by atoms with Crippen LogP contribution in [0.5, 0.6) is 0 Å². The summed E-state index contributed by atoms with van der Waals surface area (Å²) in [6, 6.07) is 9.16. The van der Waals surface area contributed by atoms with Crippen LogP contribution < -0.4 is 0 Å². The van der Waals surface area contributed by atoms with E-state index in [0.717, 1.165) is 5.56 Å². The van der Waals surface area contributed by atoms with E-state index in [0.29, 0.717) is 0 Å². The molecule has 0 amide bonds. The van der Waals surface area contributed by atoms with Crippen LogP contribution in [-0.4, -0.2) is 42.7 Å². The van der Waals surface area contributed by atoms with E-state index < -0.39 is 25.3 Å². The number of carbonyl (C=O) groups excluding carboxylic acids is 1. The fourth-order valence-electron chi connectivity index (χ4n) is 2.23. The van der Waals surface area contributed by atoms with Crippen molar-refractivity contribution in [1.82, 2.24) is 0 Å². The molecule has 6 nitrogen and oxygen atoms in total. The molecule has 130 valence electrons. The summed E-state index contributed by atoms with van der Waals surface area (Å²) in [5.41, 5.74) is -0.204. The second kappa shape index (κ2) is 9.83. The monoisotopic (exact) mass is 344 g/mol. The highest BCUT2D eigenvalue weighted by Crippen LogP contribution is 2.55. The molecule has 23 heavy (non-hydrogen) atoms. The van der Waals surface area contributed by atoms with Gasteiger partial charge in [0.2, 0.25) is 0 Å². The van der Waals surface area contributed by atoms with Crippen LogP contribution >= 0.6 is 7.60 Å². The third kappa shape index (κ3) is 5.74. The van der Waals surface area contributed by atoms with E-state index in [1.165, 1.54) is 0 Å². The minimum absolute atomic E-state index is 0.127. The van der Waals surface area contributed by atoms with Crippen molar-refractivity contribution in [2.75, 3.05) is 19.8 Å². The zero-order valence-corrected chi connectivity index (χ0v) is 14.7. The first-order valence-corrected chi connectivity index (χ1v) is 9.37. The molecule has 7 heteroatoms. The normalized spacial score (nSPS) is 14.3. The summed E-state index contributed by atoms with van der Waals surface area (Å²) < 4.78 is 28.5. The van der Waals surface area contributed by atoms with Crippen molar-refractivity contribution in [3.63, 3.8) is 0 Å². The Kier molecular flexibility index (Phi) is 8.48. The predicted octanol–water partition coefficient (Wildman–Crippen LogP) is 2.79. The van der Waals surface area contributed by atoms with E-state index >= 15 is 0 Å². The molecule has 0 aromatic heterocycles. The standard InChI is InChI=1S/C16H25O6P/c1-4-20-16(18)15(17)14(12-13-10-8-7-9-11-13)23(19,21-5-2)22-6-3/h7-11,14-15,17H,4-6,12H2,1-3H3/t14-,15+/m1/s1. The van der Waals surface area contributed by atoms with Gasteiger partial charge in [0.05, 0.1) is 19.8 Å². The summed E-state index contributed by atoms with van der Waals surface area (Å²) >= 11 is 0. The third-order valence-electron chi connectivity index (χ3n) is 3.20. The van der Waals surface area contributed by atoms with Crippen LogP contribution in [0.15, 0.2) is 30.3 Å². The first kappa shape index (κ1) is 19.8. The molecule has 0 aliphatic rings. The average Bonchev–Trinajstić information content (AvgIpc) is 2.53. The number of aliphatic hydroxyl groups is 1. The van der Waals surface area contributed by atoms with Gasteiger partial charge in [-0.25, -0.2) is 4.79 Å². The maximum absolute atomic E-state index is 13.1. The van der Waals surface area contributed by atoms with E-state index in [4.69, 9.17) is 13.8 Å². The van der Waals surface area contributed by atoms with Gasteiger partial charge in [-0.2, -0.15) is 0 Å². The molecule has 0 fully saturated rings. The van der Waals surface area contributed by atoms with Gasteiger partial charge in [0.15, 0.2) is 6.10 Å². The molecule has 0 bridgehead atoms. The fraction of sp³-hybridized carbons (Fsp3) is 0.562. The Morgan fingerprint density at radius 1 is 1.09 bits per heavy atom. The second-order valence-corrected chi connectivity index (χ2v) is 7.09. The van der Waals surface area contributed by atoms with Crippen LogP contribution in [0, 0.1) is 0 Å². The number of hydrogen-bond donors (Lipinski definition) is 1. The third-order valence-corrected chi connectivity index (χ3v) is 5.72. The smallest absolute Gasteiger partial charge is 0.337 e. The van der Waals surface area contributed by atoms with Gasteiger partial charge in [-0.15, -0.1) is 0 Å². The van der Waals surface area contributed by atoms with Gasteiger partial charge in [-0.1, -0.05) is 30.3 Å². The minimum atomic E-state index is -3.68. The van der Waals surface area contributed by atoms with Crippen molar-refractivity contribution >= 4 is 13.6 Å². The van der Waals surface area contributed by atoms with Gasteiger partial charge in [0, 0.05) is 0 Å². The number of carbonyl (C=O) groups is 1. The molecule has 1 aromatic rings. The van der Waals surface area contributed by atoms with E-state index in [-0.39, 0.29) is 26.2 Å². The van der Waals surface area contributed by atoms with Gasteiger partial charge < -0.3 is 18.9 Å². The van der Waals surface area contributed by atoms with Gasteiger partial charge >= 0.3 is 13.6 Å². The lowest BCUT2D eigenvalue weighted by Gasteiger charge is -2.29. The van der Waals surface area contributed by atoms with Crippen molar-refractivity contribution in [2.45, 2.75) is 39.0 Å². The van der Waals surface area contributed by atoms with Crippen molar-refractivity contribution in [3.05, 3.63) is 35.9 Å². The van der Waals surface area contributed by atoms with Crippen molar-refractivity contribution < 1.29 is 28.3 Å². The summed E-state index contributed by atoms with van der Waals surface area (Å²) in [6.07, 6.45) is -1.41. The topological polar surface area (TPSA) is 82.1 Å². The summed E-state index contributed by atoms with van der Waals surface area (Å²) in [5.74, 6) is -0.826. The van der Waals surface area contributed by atoms with Crippen molar-refractivity contribution in [3.8, 4) is 0 Å². The molecule has 1 aromatic carbocycles. The largest absolute Gasteiger partial charge is 0.464 e. The van der Waals surface area contributed by atoms with Crippen LogP contribution in [0.3, 0.4) is 0 Å². The van der Waals surface area contributed by atoms with Crippen LogP contribution in [0.25, 0.3) is 0 Å². The van der Waals surface area contributed by atoms with Gasteiger partial charge in [0.1, 0.15) is 5.66 Å². The molecule has 0 saturated carbocycles. The van der Waals surface area contributed by atoms with E-state index in [9.17, 15) is 14.5 Å². The Morgan fingerprint density at radius 3 is 2.13 bits per heavy atom. The molecule has 0 aliphatic heterocycles. The Balaban J connectivity index is 3.12. The molecule has 0 unspecified atom stereocenters. The highest BCUT2D eigenvalue weighted by molar-refractivity contribution is 7.54. The Bertz CT molecular complexity index is 509. The van der Waals surface area contributed by atoms with E-state index in [1.54, 1.807) is 20.8 Å². The SMILES string of the molecule is CCOC(=O)[C@@H](O)[C@@H](Cc1ccccc1)P(=O)(OCC)OCC. The highest BCUT2D eigenvalue weighted by Gasteiger charge is 2.44. The molecular weight excluding hydrogens is 319 g/mol. The lowest BCUT2D eigenvalue weighted by atomic mass is 10.1. The maximum Gasteiger partial charge on any atom is 0.337 e. The Hall–Kier alpha value is -1.20. The molecule has 1 N–H and O–H groups in total. The van der Waals surface area contributed by atoms with Crippen LogP contribution in [0.2, 0.25) is 0 Å². The molecule has 0 spiro atoms. The quantitative estimate of drug-likeness (QED) is 0.519. The van der Waals surface area contributed by atoms with Crippen LogP contribution in [-0.2, 0) is 29.6 Å². The first-order valence-electron chi connectivity index (χ1n) is 7.75. The minimum Gasteiger partial charge on any atom is -0.464 e. The molecule has 1 rings (SSSR count). The van der Waals surface area contributed by atoms with E-state index in [1.807, 2.05) is 30.3 Å². The molecule has 0 heterocycles. The Labute approximate surface area is 137 Å². The zero-order valence-electron chi connectivity index (χ0n) is 13.8. The van der Waals surface area contributed by atoms with Crippen LogP contribution in [0.1, 0.15) is 26.3 Å². The summed E-state index contributed by atoms with van der Waals surface area (Å²) in [7, 11) is -3.68. The average molecular weight is 344 g/mol. The molecular formula is C16H25O6P. The van der Waals surface area contributed by atoms with Crippen LogP contribution in [0.4, 0.5) is 0 Å². The lowest BCUT2D eigenvalue weighted by Crippen LogP contribution is -2.38. The van der Waals surface area contributed by atoms with Crippen molar-refractivity contribution in [1.29, 1.82) is 0 Å². The zero-order chi connectivity index (χ0) is 17.3. The molecule has 0 aliphatic carbocycles. The predicted molar refractivity (Wildman–Crippen MR) is 87.4 cm³/mol. The number of ether oxygens (including phenoxy) is 1. The van der Waals surface area contributed by atoms with Gasteiger partial charge in [0.25, 0.3) is 0 Å². The number of aliphatic hydroxyl groups excluding tert-OH is 1. The van der Waals surface area contributed by atoms with Crippen molar-refractivity contribution in [2.24, 2.45) is 0 Å². The second-order valence-electron chi connectivity index (χ2n) is 4.83. The molecule has 2 atom stereocenters. The summed E-state index contributed by atoms with van der Waals surface area (Å²) in [6.45, 7) is 5.43. The molecule has 0 saturated heterocycles. The van der Waals surface area contributed by atoms with E-state index in [2.05, 4.69) is 0 Å². The Morgan fingerprint density at radius 2 is 1.65 bits per heavy atom. The molecule has 0 radical (unpaired) electrons. The lowest BCUT2D eigenvalue weighted by molar-refractivity contribution is -0.153.